The molecule has 0 bridgehead atoms. The van der Waals surface area contributed by atoms with Crippen molar-refractivity contribution in [2.24, 2.45) is 0 Å². The van der Waals surface area contributed by atoms with Crippen LogP contribution in [0, 0.1) is 0 Å². The first-order valence-electron chi connectivity index (χ1n) is 1.61. The average Bonchev–Trinajstić information content (AvgIpc) is 1.56. The maximum atomic E-state index is 9.06. The third-order valence-corrected chi connectivity index (χ3v) is 0. The SMILES string of the molecule is O.O.O.O.O=S(=O)([O-])[O-].O=[S](=O)=[Pb].[H+].[H+].[H+].[H+].[O]=[Pb]=[O].[Pb+2].[Pb+2]. The zero-order valence-corrected chi connectivity index (χ0v) is 25.3. The fourth-order valence-corrected chi connectivity index (χ4v) is 0. The van der Waals surface area contributed by atoms with Gasteiger partial charge < -0.3 is 31.0 Å². The minimum absolute atomic E-state index is 0. The third kappa shape index (κ3) is 752. The fraction of sp³-hybridized carbons (Fsp3) is 0. The summed E-state index contributed by atoms with van der Waals surface area (Å²) in [7, 11) is -5.17. The van der Waals surface area contributed by atoms with Gasteiger partial charge in [0.05, 0.1) is 0 Å². The van der Waals surface area contributed by atoms with Crippen molar-refractivity contribution in [3.8, 4) is 0 Å². The van der Waals surface area contributed by atoms with Crippen molar-refractivity contribution < 1.29 is 58.9 Å². The Kier molecular flexibility index (Phi) is 139. The Balaban J connectivity index is -0.00000000415. The van der Waals surface area contributed by atoms with E-state index in [2.05, 4.69) is 0 Å². The van der Waals surface area contributed by atoms with Crippen LogP contribution in [0.5, 0.6) is 0 Å². The summed E-state index contributed by atoms with van der Waals surface area (Å²) >= 11 is -2.15. The van der Waals surface area contributed by atoms with E-state index >= 15 is 0 Å². The molecule has 0 aromatic carbocycles. The van der Waals surface area contributed by atoms with E-state index in [-0.39, 0.29) is 106 Å². The summed E-state index contributed by atoms with van der Waals surface area (Å²) in [6.45, 7) is -1.72. The fourth-order valence-electron chi connectivity index (χ4n) is 0. The molecule has 0 aliphatic heterocycles. The summed E-state index contributed by atoms with van der Waals surface area (Å²) < 4.78 is 69.3. The van der Waals surface area contributed by atoms with Crippen LogP contribution >= 0.6 is 0 Å². The number of rotatable bonds is 0. The normalized spacial score (nSPS) is 5.00. The van der Waals surface area contributed by atoms with Gasteiger partial charge in [-0.3, -0.25) is 8.42 Å². The molecule has 18 heavy (non-hydrogen) atoms. The molecule has 0 aromatic heterocycles. The zero-order valence-electron chi connectivity index (χ0n) is 12.1. The maximum Gasteiger partial charge on any atom is 2.00 e. The van der Waals surface area contributed by atoms with Crippen LogP contribution in [-0.4, -0.2) is 150 Å². The number of hydrogen-bond acceptors (Lipinski definition) is 8. The third-order valence-electron chi connectivity index (χ3n) is 0. The second kappa shape index (κ2) is 42.7. The van der Waals surface area contributed by atoms with E-state index in [0.717, 1.165) is 0 Å². The Morgan fingerprint density at radius 1 is 0.944 bits per heavy atom. The molecule has 0 saturated carbocycles. The molecule has 0 atom stereocenters. The second-order valence-corrected chi connectivity index (χ2v) is 6.55. The molecule has 0 heterocycles. The molecule has 0 aliphatic carbocycles. The van der Waals surface area contributed by atoms with Crippen LogP contribution < -0.4 is 0 Å². The first kappa shape index (κ1) is 58.5. The zero-order chi connectivity index (χ0) is 10.8. The molecule has 8 N–H and O–H groups in total. The van der Waals surface area contributed by atoms with Gasteiger partial charge >= 0.3 is 129 Å². The molecule has 0 unspecified atom stereocenters. The van der Waals surface area contributed by atoms with Crippen LogP contribution in [0.3, 0.4) is 0 Å². The molecule has 0 saturated heterocycles. The van der Waals surface area contributed by atoms with Gasteiger partial charge in [-0.25, -0.2) is 0 Å². The van der Waals surface area contributed by atoms with Gasteiger partial charge in [0.1, 0.15) is 0 Å². The van der Waals surface area contributed by atoms with Crippen molar-refractivity contribution in [3.63, 3.8) is 0 Å². The van der Waals surface area contributed by atoms with E-state index < -0.39 is 41.4 Å². The maximum absolute atomic E-state index is 9.06. The molecule has 106 valence electrons. The molecular formula is H12O12Pb4S2+6. The molecule has 0 aliphatic rings. The van der Waals surface area contributed by atoms with Gasteiger partial charge in [-0.1, -0.05) is 0 Å². The van der Waals surface area contributed by atoms with Crippen molar-refractivity contribution in [1.29, 1.82) is 0 Å². The minimum Gasteiger partial charge on any atom is 2.00 e. The standard InChI is InChI=1S/H2O4S.O2S.4H2O.2O.4Pb/c1-5(2,3)4;1-3-2;;;;;;;;;;/h(H2,1,2,3,4);;4*1H2;;;;;;/q;;;;;;;;;;2*+2/p+2. The minimum atomic E-state index is -5.17. The predicted octanol–water partition coefficient (Wildman–Crippen LogP) is -6.62. The quantitative estimate of drug-likeness (QED) is 0.128. The van der Waals surface area contributed by atoms with Gasteiger partial charge in [-0.05, 0) is 0 Å². The summed E-state index contributed by atoms with van der Waals surface area (Å²) in [5.74, 6) is 0. The molecular weight excluding hydrogens is 1080 g/mol. The van der Waals surface area contributed by atoms with Crippen LogP contribution in [-0.2, 0) is 22.5 Å². The first-order valence-corrected chi connectivity index (χ1v) is 12.0. The van der Waals surface area contributed by atoms with Gasteiger partial charge in [0.25, 0.3) is 0 Å². The van der Waals surface area contributed by atoms with Crippen molar-refractivity contribution >= 4 is 120 Å². The summed E-state index contributed by atoms with van der Waals surface area (Å²) in [5, 5.41) is 0. The largest absolute Gasteiger partial charge is 2.00 e. The monoisotopic (exact) mass is 1100 g/mol. The molecule has 12 nitrogen and oxygen atoms in total. The Bertz CT molecular complexity index is 318. The van der Waals surface area contributed by atoms with Gasteiger partial charge in [0.2, 0.25) is 0 Å². The molecule has 6 radical (unpaired) electrons. The van der Waals surface area contributed by atoms with Crippen molar-refractivity contribution in [3.05, 3.63) is 0 Å². The average molecular weight is 1100 g/mol. The summed E-state index contributed by atoms with van der Waals surface area (Å²) in [4.78, 5) is 0. The molecule has 18 heteroatoms. The Labute approximate surface area is 176 Å². The smallest absolute Gasteiger partial charge is 2.00 e. The van der Waals surface area contributed by atoms with Crippen molar-refractivity contribution in [1.82, 2.24) is 0 Å². The van der Waals surface area contributed by atoms with Crippen LogP contribution in [0.25, 0.3) is 0 Å². The van der Waals surface area contributed by atoms with Crippen molar-refractivity contribution in [2.75, 3.05) is 0 Å². The molecule has 0 amide bonds. The van der Waals surface area contributed by atoms with Gasteiger partial charge in [0.15, 0.2) is 0 Å². The van der Waals surface area contributed by atoms with E-state index in [0.29, 0.717) is 0 Å². The van der Waals surface area contributed by atoms with E-state index in [4.69, 9.17) is 31.3 Å². The van der Waals surface area contributed by atoms with E-state index in [9.17, 15) is 0 Å². The summed E-state index contributed by atoms with van der Waals surface area (Å²) in [5.41, 5.74) is 0. The second-order valence-electron chi connectivity index (χ2n) is 0.726. The first-order chi connectivity index (χ1) is 5.15. The van der Waals surface area contributed by atoms with Crippen LogP contribution in [0.2, 0.25) is 0 Å². The van der Waals surface area contributed by atoms with Gasteiger partial charge in [-0.15, -0.1) is 0 Å². The molecule has 0 spiro atoms. The Hall–Kier alpha value is 2.82. The van der Waals surface area contributed by atoms with Crippen LogP contribution in [0.4, 0.5) is 0 Å². The van der Waals surface area contributed by atoms with Crippen molar-refractivity contribution in [2.45, 2.75) is 0 Å². The Morgan fingerprint density at radius 2 is 0.944 bits per heavy atom. The van der Waals surface area contributed by atoms with E-state index in [1.54, 1.807) is 0 Å². The van der Waals surface area contributed by atoms with Crippen LogP contribution in [0.15, 0.2) is 0 Å². The number of hydrogen-bond donors (Lipinski definition) is 0. The van der Waals surface area contributed by atoms with E-state index in [1.165, 1.54) is 0 Å². The van der Waals surface area contributed by atoms with Gasteiger partial charge in [0, 0.05) is 10.4 Å². The Morgan fingerprint density at radius 3 is 0.944 bits per heavy atom. The molecule has 0 rings (SSSR count). The summed E-state index contributed by atoms with van der Waals surface area (Å²) in [6, 6.07) is 0. The van der Waals surface area contributed by atoms with Crippen LogP contribution in [0.1, 0.15) is 5.71 Å². The molecule has 0 aromatic rings. The summed E-state index contributed by atoms with van der Waals surface area (Å²) in [6.07, 6.45) is 0. The molecule has 0 fully saturated rings. The predicted molar refractivity (Wildman–Crippen MR) is 62.7 cm³/mol. The van der Waals surface area contributed by atoms with E-state index in [1.807, 2.05) is 0 Å². The topological polar surface area (TPSA) is 275 Å². The van der Waals surface area contributed by atoms with Gasteiger partial charge in [-0.2, -0.15) is 0 Å².